The third-order valence-corrected chi connectivity index (χ3v) is 4.29. The molecule has 2 atom stereocenters. The van der Waals surface area contributed by atoms with Gasteiger partial charge in [0.1, 0.15) is 6.04 Å². The summed E-state index contributed by atoms with van der Waals surface area (Å²) in [4.78, 5) is 29.3. The van der Waals surface area contributed by atoms with Crippen LogP contribution in [0.3, 0.4) is 0 Å². The lowest BCUT2D eigenvalue weighted by Crippen LogP contribution is -2.55. The number of urea groups is 1. The summed E-state index contributed by atoms with van der Waals surface area (Å²) in [5, 5.41) is 9.26. The summed E-state index contributed by atoms with van der Waals surface area (Å²) in [7, 11) is 0. The molecule has 6 nitrogen and oxygen atoms in total. The molecule has 0 aromatic carbocycles. The van der Waals surface area contributed by atoms with Crippen LogP contribution in [0.5, 0.6) is 0 Å². The Morgan fingerprint density at radius 2 is 1.79 bits per heavy atom. The van der Waals surface area contributed by atoms with Crippen LogP contribution in [0.4, 0.5) is 4.79 Å². The normalized spacial score (nSPS) is 28.7. The van der Waals surface area contributed by atoms with Crippen LogP contribution in [0.15, 0.2) is 0 Å². The molecule has 2 heterocycles. The molecule has 19 heavy (non-hydrogen) atoms. The molecule has 108 valence electrons. The Morgan fingerprint density at radius 1 is 1.16 bits per heavy atom. The van der Waals surface area contributed by atoms with E-state index in [1.165, 1.54) is 4.90 Å². The van der Waals surface area contributed by atoms with Crippen LogP contribution in [0, 0.1) is 5.92 Å². The number of carboxylic acid groups (broad SMARTS) is 1. The average Bonchev–Trinajstić information content (AvgIpc) is 2.80. The monoisotopic (exact) mass is 269 g/mol. The van der Waals surface area contributed by atoms with Crippen LogP contribution >= 0.6 is 0 Å². The summed E-state index contributed by atoms with van der Waals surface area (Å²) in [6.45, 7) is 8.73. The summed E-state index contributed by atoms with van der Waals surface area (Å²) in [6.07, 6.45) is 0.775. The van der Waals surface area contributed by atoms with Gasteiger partial charge in [-0.15, -0.1) is 0 Å². The van der Waals surface area contributed by atoms with E-state index >= 15 is 0 Å². The lowest BCUT2D eigenvalue weighted by molar-refractivity contribution is -0.142. The molecule has 0 saturated carbocycles. The van der Waals surface area contributed by atoms with Crippen molar-refractivity contribution in [2.45, 2.75) is 26.3 Å². The fourth-order valence-corrected chi connectivity index (χ4v) is 2.98. The van der Waals surface area contributed by atoms with Gasteiger partial charge in [-0.25, -0.2) is 9.59 Å². The molecule has 1 N–H and O–H groups in total. The molecule has 2 fully saturated rings. The molecule has 2 saturated heterocycles. The van der Waals surface area contributed by atoms with E-state index in [0.717, 1.165) is 26.1 Å². The van der Waals surface area contributed by atoms with E-state index in [-0.39, 0.29) is 11.9 Å². The number of nitrogens with zero attached hydrogens (tertiary/aromatic N) is 3. The SMILES string of the molecule is CCN1CCN(C(=O)N2CCC(C)C2C(=O)O)CC1. The van der Waals surface area contributed by atoms with Crippen molar-refractivity contribution in [1.29, 1.82) is 0 Å². The zero-order chi connectivity index (χ0) is 14.0. The van der Waals surface area contributed by atoms with Crippen LogP contribution in [-0.2, 0) is 4.79 Å². The molecule has 2 amide bonds. The van der Waals surface area contributed by atoms with Crippen LogP contribution in [0.2, 0.25) is 0 Å². The van der Waals surface area contributed by atoms with E-state index in [1.807, 2.05) is 6.92 Å². The molecule has 0 aromatic rings. The molecule has 0 aromatic heterocycles. The summed E-state index contributed by atoms with van der Waals surface area (Å²) in [6, 6.07) is -0.760. The Balaban J connectivity index is 1.98. The highest BCUT2D eigenvalue weighted by molar-refractivity contribution is 5.83. The van der Waals surface area contributed by atoms with Crippen molar-refractivity contribution in [3.05, 3.63) is 0 Å². The van der Waals surface area contributed by atoms with Gasteiger partial charge in [-0.3, -0.25) is 0 Å². The summed E-state index contributed by atoms with van der Waals surface area (Å²) in [5.74, 6) is -0.844. The Kier molecular flexibility index (Phi) is 4.29. The smallest absolute Gasteiger partial charge is 0.326 e. The molecule has 2 aliphatic heterocycles. The number of carbonyl (C=O) groups excluding carboxylic acids is 1. The van der Waals surface area contributed by atoms with Crippen molar-refractivity contribution >= 4 is 12.0 Å². The Bertz CT molecular complexity index is 353. The van der Waals surface area contributed by atoms with Crippen LogP contribution < -0.4 is 0 Å². The second-order valence-corrected chi connectivity index (χ2v) is 5.45. The molecule has 0 spiro atoms. The first-order valence-electron chi connectivity index (χ1n) is 7.05. The second kappa shape index (κ2) is 5.77. The number of rotatable bonds is 2. The molecule has 0 aliphatic carbocycles. The first kappa shape index (κ1) is 14.1. The number of aliphatic carboxylic acids is 1. The molecule has 6 heteroatoms. The van der Waals surface area contributed by atoms with E-state index in [9.17, 15) is 14.7 Å². The second-order valence-electron chi connectivity index (χ2n) is 5.45. The highest BCUT2D eigenvalue weighted by Crippen LogP contribution is 2.25. The van der Waals surface area contributed by atoms with E-state index in [1.54, 1.807) is 4.90 Å². The topological polar surface area (TPSA) is 64.1 Å². The zero-order valence-corrected chi connectivity index (χ0v) is 11.7. The van der Waals surface area contributed by atoms with Crippen LogP contribution in [-0.4, -0.2) is 77.1 Å². The number of amides is 2. The fourth-order valence-electron chi connectivity index (χ4n) is 2.98. The van der Waals surface area contributed by atoms with Crippen molar-refractivity contribution < 1.29 is 14.7 Å². The van der Waals surface area contributed by atoms with Gasteiger partial charge in [0.2, 0.25) is 0 Å². The maximum absolute atomic E-state index is 12.4. The van der Waals surface area contributed by atoms with Gasteiger partial charge in [0.15, 0.2) is 0 Å². The van der Waals surface area contributed by atoms with E-state index in [0.29, 0.717) is 19.6 Å². The lowest BCUT2D eigenvalue weighted by atomic mass is 10.0. The van der Waals surface area contributed by atoms with Crippen molar-refractivity contribution in [3.8, 4) is 0 Å². The quantitative estimate of drug-likeness (QED) is 0.794. The van der Waals surface area contributed by atoms with Crippen molar-refractivity contribution in [2.24, 2.45) is 5.92 Å². The number of piperazine rings is 1. The van der Waals surface area contributed by atoms with E-state index < -0.39 is 12.0 Å². The maximum Gasteiger partial charge on any atom is 0.326 e. The van der Waals surface area contributed by atoms with E-state index in [2.05, 4.69) is 11.8 Å². The Labute approximate surface area is 114 Å². The van der Waals surface area contributed by atoms with Crippen molar-refractivity contribution in [2.75, 3.05) is 39.3 Å². The number of hydrogen-bond donors (Lipinski definition) is 1. The molecule has 2 rings (SSSR count). The number of hydrogen-bond acceptors (Lipinski definition) is 3. The highest BCUT2D eigenvalue weighted by atomic mass is 16.4. The maximum atomic E-state index is 12.4. The van der Waals surface area contributed by atoms with Crippen molar-refractivity contribution in [1.82, 2.24) is 14.7 Å². The fraction of sp³-hybridized carbons (Fsp3) is 0.846. The van der Waals surface area contributed by atoms with Gasteiger partial charge < -0.3 is 19.8 Å². The first-order chi connectivity index (χ1) is 9.04. The Morgan fingerprint density at radius 3 is 2.32 bits per heavy atom. The number of likely N-dealkylation sites (N-methyl/N-ethyl adjacent to an activating group) is 1. The molecular weight excluding hydrogens is 246 g/mol. The van der Waals surface area contributed by atoms with Gasteiger partial charge in [0.25, 0.3) is 0 Å². The van der Waals surface area contributed by atoms with Gasteiger partial charge in [-0.05, 0) is 18.9 Å². The largest absolute Gasteiger partial charge is 0.480 e. The van der Waals surface area contributed by atoms with Gasteiger partial charge in [-0.2, -0.15) is 0 Å². The summed E-state index contributed by atoms with van der Waals surface area (Å²) >= 11 is 0. The number of carboxylic acids is 1. The minimum absolute atomic E-state index is 0.0402. The third-order valence-electron chi connectivity index (χ3n) is 4.29. The van der Waals surface area contributed by atoms with Gasteiger partial charge in [0.05, 0.1) is 0 Å². The van der Waals surface area contributed by atoms with Crippen LogP contribution in [0.25, 0.3) is 0 Å². The highest BCUT2D eigenvalue weighted by Gasteiger charge is 2.41. The summed E-state index contributed by atoms with van der Waals surface area (Å²) in [5.41, 5.74) is 0. The first-order valence-corrected chi connectivity index (χ1v) is 7.05. The summed E-state index contributed by atoms with van der Waals surface area (Å²) < 4.78 is 0. The van der Waals surface area contributed by atoms with E-state index in [4.69, 9.17) is 0 Å². The lowest BCUT2D eigenvalue weighted by Gasteiger charge is -2.37. The standard InChI is InChI=1S/C13H23N3O3/c1-3-14-6-8-15(9-7-14)13(19)16-5-4-10(2)11(16)12(17)18/h10-11H,3-9H2,1-2H3,(H,17,18). The average molecular weight is 269 g/mol. The van der Waals surface area contributed by atoms with Crippen molar-refractivity contribution in [3.63, 3.8) is 0 Å². The molecule has 0 radical (unpaired) electrons. The Hall–Kier alpha value is -1.30. The third kappa shape index (κ3) is 2.83. The molecular formula is C13H23N3O3. The minimum Gasteiger partial charge on any atom is -0.480 e. The minimum atomic E-state index is -0.884. The number of carbonyl (C=O) groups is 2. The molecule has 2 aliphatic rings. The molecule has 0 bridgehead atoms. The van der Waals surface area contributed by atoms with Crippen LogP contribution in [0.1, 0.15) is 20.3 Å². The predicted octanol–water partition coefficient (Wildman–Crippen LogP) is 0.539. The molecule has 2 unspecified atom stereocenters. The van der Waals surface area contributed by atoms with Gasteiger partial charge in [-0.1, -0.05) is 13.8 Å². The number of likely N-dealkylation sites (tertiary alicyclic amines) is 1. The zero-order valence-electron chi connectivity index (χ0n) is 11.7. The van der Waals surface area contributed by atoms with Gasteiger partial charge in [0, 0.05) is 32.7 Å². The predicted molar refractivity (Wildman–Crippen MR) is 71.0 cm³/mol. The van der Waals surface area contributed by atoms with Gasteiger partial charge >= 0.3 is 12.0 Å².